The highest BCUT2D eigenvalue weighted by Crippen LogP contribution is 2.64. The maximum absolute atomic E-state index is 9.13. The van der Waals surface area contributed by atoms with Gasteiger partial charge in [-0.3, -0.25) is 0 Å². The fraction of sp³-hybridized carbons (Fsp3) is 0.818. The van der Waals surface area contributed by atoms with E-state index < -0.39 is 0 Å². The third kappa shape index (κ3) is 0.957. The number of aliphatic hydroxyl groups is 1. The highest BCUT2D eigenvalue weighted by Gasteiger charge is 2.58. The van der Waals surface area contributed by atoms with Crippen LogP contribution < -0.4 is 0 Å². The lowest BCUT2D eigenvalue weighted by molar-refractivity contribution is 0.227. The van der Waals surface area contributed by atoms with Gasteiger partial charge in [0.05, 0.1) is 0 Å². The Morgan fingerprint density at radius 2 is 2.25 bits per heavy atom. The quantitative estimate of drug-likeness (QED) is 0.592. The summed E-state index contributed by atoms with van der Waals surface area (Å²) in [6, 6.07) is 0. The van der Waals surface area contributed by atoms with Gasteiger partial charge in [-0.15, -0.1) is 0 Å². The molecule has 1 heteroatoms. The van der Waals surface area contributed by atoms with Gasteiger partial charge in [-0.05, 0) is 30.6 Å². The minimum Gasteiger partial charge on any atom is -0.396 e. The van der Waals surface area contributed by atoms with E-state index in [1.807, 2.05) is 0 Å². The molecule has 3 atom stereocenters. The summed E-state index contributed by atoms with van der Waals surface area (Å²) in [6.45, 7) is 7.17. The van der Waals surface area contributed by atoms with Crippen molar-refractivity contribution in [2.45, 2.75) is 27.2 Å². The molecule has 0 aromatic carbocycles. The fourth-order valence-corrected chi connectivity index (χ4v) is 2.70. The van der Waals surface area contributed by atoms with Gasteiger partial charge in [-0.2, -0.15) is 0 Å². The molecule has 0 heterocycles. The van der Waals surface area contributed by atoms with Crippen LogP contribution in [0.4, 0.5) is 0 Å². The van der Waals surface area contributed by atoms with Crippen molar-refractivity contribution in [1.29, 1.82) is 0 Å². The van der Waals surface area contributed by atoms with Gasteiger partial charge in [0.1, 0.15) is 0 Å². The smallest absolute Gasteiger partial charge is 0.0496 e. The maximum Gasteiger partial charge on any atom is 0.0496 e. The third-order valence-corrected chi connectivity index (χ3v) is 3.98. The van der Waals surface area contributed by atoms with Crippen LogP contribution >= 0.6 is 0 Å². The first kappa shape index (κ1) is 8.31. The Kier molecular flexibility index (Phi) is 1.63. The fourth-order valence-electron chi connectivity index (χ4n) is 2.70. The summed E-state index contributed by atoms with van der Waals surface area (Å²) in [6.07, 6.45) is 3.59. The summed E-state index contributed by atoms with van der Waals surface area (Å²) in [5, 5.41) is 9.13. The lowest BCUT2D eigenvalue weighted by atomic mass is 9.89. The van der Waals surface area contributed by atoms with Gasteiger partial charge >= 0.3 is 0 Å². The van der Waals surface area contributed by atoms with E-state index in [1.54, 1.807) is 0 Å². The van der Waals surface area contributed by atoms with E-state index in [1.165, 1.54) is 12.0 Å². The molecule has 0 aromatic heterocycles. The predicted molar refractivity (Wildman–Crippen MR) is 49.7 cm³/mol. The van der Waals surface area contributed by atoms with E-state index in [-0.39, 0.29) is 0 Å². The monoisotopic (exact) mass is 166 g/mol. The minimum absolute atomic E-state index is 0.335. The van der Waals surface area contributed by atoms with Crippen molar-refractivity contribution in [3.8, 4) is 0 Å². The Bertz CT molecular complexity index is 227. The third-order valence-electron chi connectivity index (χ3n) is 3.98. The number of aliphatic hydroxyl groups excluding tert-OH is 1. The highest BCUT2D eigenvalue weighted by atomic mass is 16.3. The summed E-state index contributed by atoms with van der Waals surface area (Å²) in [4.78, 5) is 0. The van der Waals surface area contributed by atoms with Crippen LogP contribution in [-0.4, -0.2) is 11.7 Å². The van der Waals surface area contributed by atoms with E-state index in [4.69, 9.17) is 5.11 Å². The van der Waals surface area contributed by atoms with Crippen LogP contribution in [0.1, 0.15) is 27.2 Å². The topological polar surface area (TPSA) is 20.2 Å². The lowest BCUT2D eigenvalue weighted by Crippen LogP contribution is -2.12. The second-order valence-electron chi connectivity index (χ2n) is 4.98. The molecular weight excluding hydrogens is 148 g/mol. The molecule has 0 aliphatic heterocycles. The number of rotatable bonds is 1. The van der Waals surface area contributed by atoms with Crippen LogP contribution in [-0.2, 0) is 0 Å². The van der Waals surface area contributed by atoms with Crippen molar-refractivity contribution < 1.29 is 5.11 Å². The first-order chi connectivity index (χ1) is 5.57. The Balaban J connectivity index is 2.16. The van der Waals surface area contributed by atoms with E-state index >= 15 is 0 Å². The average molecular weight is 166 g/mol. The normalized spacial score (nSPS) is 43.3. The molecule has 2 rings (SSSR count). The summed E-state index contributed by atoms with van der Waals surface area (Å²) < 4.78 is 0. The van der Waals surface area contributed by atoms with Crippen LogP contribution in [0.15, 0.2) is 11.6 Å². The van der Waals surface area contributed by atoms with Crippen LogP contribution in [0, 0.1) is 23.2 Å². The van der Waals surface area contributed by atoms with Gasteiger partial charge in [0.2, 0.25) is 0 Å². The van der Waals surface area contributed by atoms with E-state index in [0.29, 0.717) is 17.9 Å². The second-order valence-corrected chi connectivity index (χ2v) is 4.98. The molecule has 0 bridgehead atoms. The SMILES string of the molecule is CC1=C[C@H]2[C@@H](C[C@H]1CO)C2(C)C. The lowest BCUT2D eigenvalue weighted by Gasteiger charge is -2.18. The molecule has 0 aromatic rings. The van der Waals surface area contributed by atoms with Crippen LogP contribution in [0.25, 0.3) is 0 Å². The van der Waals surface area contributed by atoms with Gasteiger partial charge < -0.3 is 5.11 Å². The van der Waals surface area contributed by atoms with Crippen molar-refractivity contribution in [3.05, 3.63) is 11.6 Å². The molecule has 1 saturated carbocycles. The molecule has 1 nitrogen and oxygen atoms in total. The van der Waals surface area contributed by atoms with Crippen molar-refractivity contribution in [3.63, 3.8) is 0 Å². The van der Waals surface area contributed by atoms with E-state index in [2.05, 4.69) is 26.8 Å². The molecule has 0 amide bonds. The molecule has 0 saturated heterocycles. The maximum atomic E-state index is 9.13. The molecule has 68 valence electrons. The van der Waals surface area contributed by atoms with Crippen LogP contribution in [0.5, 0.6) is 0 Å². The molecule has 0 unspecified atom stereocenters. The summed E-state index contributed by atoms with van der Waals surface area (Å²) in [5.74, 6) is 2.10. The van der Waals surface area contributed by atoms with Gasteiger partial charge in [-0.1, -0.05) is 25.5 Å². The summed E-state index contributed by atoms with van der Waals surface area (Å²) >= 11 is 0. The Labute approximate surface area is 74.5 Å². The first-order valence-electron chi connectivity index (χ1n) is 4.86. The molecule has 1 fully saturated rings. The Morgan fingerprint density at radius 1 is 1.58 bits per heavy atom. The van der Waals surface area contributed by atoms with Gasteiger partial charge in [-0.25, -0.2) is 0 Å². The van der Waals surface area contributed by atoms with Crippen LogP contribution in [0.3, 0.4) is 0 Å². The molecule has 0 spiro atoms. The minimum atomic E-state index is 0.335. The van der Waals surface area contributed by atoms with Crippen molar-refractivity contribution in [2.24, 2.45) is 23.2 Å². The van der Waals surface area contributed by atoms with Crippen LogP contribution in [0.2, 0.25) is 0 Å². The van der Waals surface area contributed by atoms with E-state index in [0.717, 1.165) is 11.8 Å². The molecule has 12 heavy (non-hydrogen) atoms. The molecule has 2 aliphatic rings. The Morgan fingerprint density at radius 3 is 2.83 bits per heavy atom. The number of fused-ring (bicyclic) bond motifs is 1. The zero-order chi connectivity index (χ0) is 8.93. The van der Waals surface area contributed by atoms with Gasteiger partial charge in [0.25, 0.3) is 0 Å². The molecule has 2 aliphatic carbocycles. The first-order valence-corrected chi connectivity index (χ1v) is 4.86. The Hall–Kier alpha value is -0.300. The largest absolute Gasteiger partial charge is 0.396 e. The zero-order valence-corrected chi connectivity index (χ0v) is 8.17. The molecule has 0 radical (unpaired) electrons. The molecule has 1 N–H and O–H groups in total. The number of allylic oxidation sites excluding steroid dienone is 1. The number of hydrogen-bond acceptors (Lipinski definition) is 1. The van der Waals surface area contributed by atoms with E-state index in [9.17, 15) is 0 Å². The molecular formula is C11H18O. The highest BCUT2D eigenvalue weighted by molar-refractivity contribution is 5.24. The van der Waals surface area contributed by atoms with Crippen molar-refractivity contribution >= 4 is 0 Å². The number of hydrogen-bond donors (Lipinski definition) is 1. The van der Waals surface area contributed by atoms with Gasteiger partial charge in [0.15, 0.2) is 0 Å². The van der Waals surface area contributed by atoms with Crippen molar-refractivity contribution in [1.82, 2.24) is 0 Å². The van der Waals surface area contributed by atoms with Gasteiger partial charge in [0, 0.05) is 12.5 Å². The summed E-state index contributed by atoms with van der Waals surface area (Å²) in [7, 11) is 0. The summed E-state index contributed by atoms with van der Waals surface area (Å²) in [5.41, 5.74) is 1.93. The standard InChI is InChI=1S/C11H18O/c1-7-4-9-10(11(9,2)3)5-8(7)6-12/h4,8-10,12H,5-6H2,1-3H3/t8-,9-,10+/m0/s1. The predicted octanol–water partition coefficient (Wildman–Crippen LogP) is 2.22. The average Bonchev–Trinajstić information content (AvgIpc) is 2.52. The second kappa shape index (κ2) is 2.35. The zero-order valence-electron chi connectivity index (χ0n) is 8.17. The van der Waals surface area contributed by atoms with Crippen molar-refractivity contribution in [2.75, 3.05) is 6.61 Å².